The molecule has 1 aromatic heterocycles. The van der Waals surface area contributed by atoms with E-state index in [9.17, 15) is 4.79 Å². The van der Waals surface area contributed by atoms with Crippen molar-refractivity contribution in [3.05, 3.63) is 53.9 Å². The molecule has 0 atom stereocenters. The van der Waals surface area contributed by atoms with Gasteiger partial charge in [0.25, 0.3) is 0 Å². The summed E-state index contributed by atoms with van der Waals surface area (Å²) in [4.78, 5) is 14.4. The molecule has 1 aromatic carbocycles. The molecular formula is C13H8N2O2. The third-order valence-corrected chi connectivity index (χ3v) is 2.07. The Labute approximate surface area is 98.1 Å². The van der Waals surface area contributed by atoms with E-state index in [0.717, 1.165) is 0 Å². The topological polar surface area (TPSA) is 63.0 Å². The highest BCUT2D eigenvalue weighted by atomic mass is 16.5. The highest BCUT2D eigenvalue weighted by Gasteiger charge is 2.00. The number of aromatic nitrogens is 1. The number of nitrogens with zero attached hydrogens (tertiary/aromatic N) is 2. The quantitative estimate of drug-likeness (QED) is 0.751. The molecule has 4 nitrogen and oxygen atoms in total. The Kier molecular flexibility index (Phi) is 3.13. The Hall–Kier alpha value is -2.67. The number of nitriles is 1. The molecule has 82 valence electrons. The van der Waals surface area contributed by atoms with Crippen LogP contribution in [0, 0.1) is 11.3 Å². The summed E-state index contributed by atoms with van der Waals surface area (Å²) in [5, 5.41) is 8.75. The van der Waals surface area contributed by atoms with Gasteiger partial charge < -0.3 is 4.74 Å². The van der Waals surface area contributed by atoms with E-state index in [0.29, 0.717) is 28.9 Å². The van der Waals surface area contributed by atoms with Crippen LogP contribution in [0.3, 0.4) is 0 Å². The number of hydrogen-bond acceptors (Lipinski definition) is 4. The molecule has 2 aromatic rings. The van der Waals surface area contributed by atoms with Crippen molar-refractivity contribution in [2.45, 2.75) is 0 Å². The number of pyridine rings is 1. The lowest BCUT2D eigenvalue weighted by Crippen LogP contribution is -1.88. The van der Waals surface area contributed by atoms with Crippen LogP contribution in [0.4, 0.5) is 0 Å². The van der Waals surface area contributed by atoms with Crippen molar-refractivity contribution in [3.63, 3.8) is 0 Å². The molecule has 0 fully saturated rings. The summed E-state index contributed by atoms with van der Waals surface area (Å²) < 4.78 is 5.49. The average molecular weight is 224 g/mol. The van der Waals surface area contributed by atoms with Crippen LogP contribution >= 0.6 is 0 Å². The van der Waals surface area contributed by atoms with E-state index in [1.54, 1.807) is 30.3 Å². The number of hydrogen-bond donors (Lipinski definition) is 0. The number of benzene rings is 1. The fourth-order valence-electron chi connectivity index (χ4n) is 1.32. The summed E-state index contributed by atoms with van der Waals surface area (Å²) in [6, 6.07) is 10.4. The second-order valence-electron chi connectivity index (χ2n) is 3.31. The minimum absolute atomic E-state index is 0.443. The zero-order chi connectivity index (χ0) is 12.1. The monoisotopic (exact) mass is 224 g/mol. The van der Waals surface area contributed by atoms with Crippen LogP contribution in [0.1, 0.15) is 15.9 Å². The first-order chi connectivity index (χ1) is 8.31. The zero-order valence-corrected chi connectivity index (χ0v) is 8.83. The molecule has 2 rings (SSSR count). The lowest BCUT2D eigenvalue weighted by molar-refractivity contribution is 0.112. The fourth-order valence-corrected chi connectivity index (χ4v) is 1.32. The molecule has 0 bridgehead atoms. The van der Waals surface area contributed by atoms with Gasteiger partial charge in [-0.05, 0) is 24.3 Å². The standard InChI is InChI=1S/C13H8N2O2/c14-6-10-2-1-3-12(4-10)17-13-5-11(9-16)7-15-8-13/h1-5,7-9H. The molecule has 0 saturated heterocycles. The number of carbonyl (C=O) groups is 1. The number of aldehydes is 1. The van der Waals surface area contributed by atoms with E-state index in [1.807, 2.05) is 6.07 Å². The second-order valence-corrected chi connectivity index (χ2v) is 3.31. The Balaban J connectivity index is 2.25. The van der Waals surface area contributed by atoms with Crippen molar-refractivity contribution in [2.75, 3.05) is 0 Å². The van der Waals surface area contributed by atoms with Crippen molar-refractivity contribution in [2.24, 2.45) is 0 Å². The van der Waals surface area contributed by atoms with Gasteiger partial charge in [0.05, 0.1) is 17.8 Å². The van der Waals surface area contributed by atoms with Gasteiger partial charge >= 0.3 is 0 Å². The molecule has 0 aliphatic carbocycles. The zero-order valence-electron chi connectivity index (χ0n) is 8.83. The maximum atomic E-state index is 10.6. The second kappa shape index (κ2) is 4.90. The Bertz CT molecular complexity index is 588. The van der Waals surface area contributed by atoms with Crippen molar-refractivity contribution < 1.29 is 9.53 Å². The van der Waals surface area contributed by atoms with Crippen LogP contribution in [0.5, 0.6) is 11.5 Å². The van der Waals surface area contributed by atoms with Crippen molar-refractivity contribution >= 4 is 6.29 Å². The maximum absolute atomic E-state index is 10.6. The van der Waals surface area contributed by atoms with E-state index < -0.39 is 0 Å². The normalized spacial score (nSPS) is 9.35. The van der Waals surface area contributed by atoms with Crippen molar-refractivity contribution in [3.8, 4) is 17.6 Å². The van der Waals surface area contributed by atoms with Crippen LogP contribution in [0.2, 0.25) is 0 Å². The van der Waals surface area contributed by atoms with Crippen LogP contribution < -0.4 is 4.74 Å². The van der Waals surface area contributed by atoms with Gasteiger partial charge in [-0.25, -0.2) is 0 Å². The molecule has 1 heterocycles. The maximum Gasteiger partial charge on any atom is 0.151 e. The van der Waals surface area contributed by atoms with Crippen LogP contribution in [0.15, 0.2) is 42.7 Å². The summed E-state index contributed by atoms with van der Waals surface area (Å²) in [5.41, 5.74) is 0.959. The summed E-state index contributed by atoms with van der Waals surface area (Å²) in [6.07, 6.45) is 3.66. The molecule has 0 saturated carbocycles. The van der Waals surface area contributed by atoms with Crippen LogP contribution in [0.25, 0.3) is 0 Å². The van der Waals surface area contributed by atoms with Gasteiger partial charge in [0.2, 0.25) is 0 Å². The average Bonchev–Trinajstić information content (AvgIpc) is 2.39. The lowest BCUT2D eigenvalue weighted by atomic mass is 10.2. The van der Waals surface area contributed by atoms with Gasteiger partial charge in [-0.15, -0.1) is 0 Å². The number of carbonyl (C=O) groups excluding carboxylic acids is 1. The van der Waals surface area contributed by atoms with Crippen LogP contribution in [-0.4, -0.2) is 11.3 Å². The largest absolute Gasteiger partial charge is 0.456 e. The highest BCUT2D eigenvalue weighted by molar-refractivity contribution is 5.74. The van der Waals surface area contributed by atoms with Gasteiger partial charge in [0.15, 0.2) is 6.29 Å². The fraction of sp³-hybridized carbons (Fsp3) is 0. The summed E-state index contributed by atoms with van der Waals surface area (Å²) in [7, 11) is 0. The first-order valence-corrected chi connectivity index (χ1v) is 4.90. The third kappa shape index (κ3) is 2.67. The molecule has 0 amide bonds. The Morgan fingerprint density at radius 1 is 1.24 bits per heavy atom. The van der Waals surface area contributed by atoms with E-state index >= 15 is 0 Å². The molecule has 0 aliphatic rings. The SMILES string of the molecule is N#Cc1cccc(Oc2cncc(C=O)c2)c1. The van der Waals surface area contributed by atoms with Gasteiger partial charge in [0.1, 0.15) is 11.5 Å². The van der Waals surface area contributed by atoms with E-state index in [4.69, 9.17) is 10.00 Å². The first-order valence-electron chi connectivity index (χ1n) is 4.90. The van der Waals surface area contributed by atoms with E-state index in [-0.39, 0.29) is 0 Å². The molecular weight excluding hydrogens is 216 g/mol. The number of ether oxygens (including phenoxy) is 1. The molecule has 0 radical (unpaired) electrons. The molecule has 0 N–H and O–H groups in total. The molecule has 0 unspecified atom stereocenters. The van der Waals surface area contributed by atoms with Gasteiger partial charge in [-0.1, -0.05) is 6.07 Å². The summed E-state index contributed by atoms with van der Waals surface area (Å²) in [5.74, 6) is 0.999. The van der Waals surface area contributed by atoms with E-state index in [1.165, 1.54) is 12.4 Å². The number of rotatable bonds is 3. The minimum atomic E-state index is 0.443. The van der Waals surface area contributed by atoms with Gasteiger partial charge in [-0.2, -0.15) is 5.26 Å². The molecule has 0 aliphatic heterocycles. The molecule has 4 heteroatoms. The van der Waals surface area contributed by atoms with Gasteiger partial charge in [0, 0.05) is 11.8 Å². The van der Waals surface area contributed by atoms with E-state index in [2.05, 4.69) is 4.98 Å². The van der Waals surface area contributed by atoms with Gasteiger partial charge in [-0.3, -0.25) is 9.78 Å². The van der Waals surface area contributed by atoms with Crippen molar-refractivity contribution in [1.82, 2.24) is 4.98 Å². The third-order valence-electron chi connectivity index (χ3n) is 2.07. The lowest BCUT2D eigenvalue weighted by Gasteiger charge is -2.05. The molecule has 17 heavy (non-hydrogen) atoms. The smallest absolute Gasteiger partial charge is 0.151 e. The predicted molar refractivity (Wildman–Crippen MR) is 60.9 cm³/mol. The van der Waals surface area contributed by atoms with Crippen molar-refractivity contribution in [1.29, 1.82) is 5.26 Å². The Morgan fingerprint density at radius 2 is 2.12 bits per heavy atom. The summed E-state index contributed by atoms with van der Waals surface area (Å²) >= 11 is 0. The first kappa shape index (κ1) is 10.8. The molecule has 0 spiro atoms. The summed E-state index contributed by atoms with van der Waals surface area (Å²) in [6.45, 7) is 0. The Morgan fingerprint density at radius 3 is 2.88 bits per heavy atom. The predicted octanol–water partition coefficient (Wildman–Crippen LogP) is 2.56. The minimum Gasteiger partial charge on any atom is -0.456 e. The highest BCUT2D eigenvalue weighted by Crippen LogP contribution is 2.21. The van der Waals surface area contributed by atoms with Crippen LogP contribution in [-0.2, 0) is 0 Å².